The number of halogens is 1. The number of rotatable bonds is 3. The largest absolute Gasteiger partial charge is 0.493 e. The number of ether oxygens (including phenoxy) is 2. The first-order valence-electron chi connectivity index (χ1n) is 8.04. The summed E-state index contributed by atoms with van der Waals surface area (Å²) in [4.78, 5) is 17.0. The Bertz CT molecular complexity index is 774. The second-order valence-corrected chi connectivity index (χ2v) is 7.04. The number of anilines is 1. The lowest BCUT2D eigenvalue weighted by Gasteiger charge is -2.31. The van der Waals surface area contributed by atoms with Crippen molar-refractivity contribution in [2.24, 2.45) is 5.73 Å². The van der Waals surface area contributed by atoms with Crippen molar-refractivity contribution in [3.05, 3.63) is 29.1 Å². The second kappa shape index (κ2) is 7.29. The van der Waals surface area contributed by atoms with Gasteiger partial charge in [-0.3, -0.25) is 4.79 Å². The molecule has 3 N–H and O–H groups in total. The molecule has 25 heavy (non-hydrogen) atoms. The van der Waals surface area contributed by atoms with Gasteiger partial charge in [0.2, 0.25) is 5.91 Å². The molecule has 1 aromatic carbocycles. The molecule has 134 valence electrons. The zero-order valence-electron chi connectivity index (χ0n) is 13.6. The third-order valence-electron chi connectivity index (χ3n) is 4.55. The lowest BCUT2D eigenvalue weighted by Crippen LogP contribution is -2.54. The Morgan fingerprint density at radius 2 is 2.08 bits per heavy atom. The number of hydrogen-bond acceptors (Lipinski definition) is 6. The highest BCUT2D eigenvalue weighted by Gasteiger charge is 2.36. The minimum absolute atomic E-state index is 0. The molecule has 1 aromatic heterocycles. The van der Waals surface area contributed by atoms with Gasteiger partial charge < -0.3 is 20.5 Å². The summed E-state index contributed by atoms with van der Waals surface area (Å²) in [5, 5.41) is 5.37. The molecule has 6 nitrogen and oxygen atoms in total. The van der Waals surface area contributed by atoms with Crippen molar-refractivity contribution >= 4 is 34.8 Å². The van der Waals surface area contributed by atoms with Crippen LogP contribution < -0.4 is 15.8 Å². The van der Waals surface area contributed by atoms with Crippen molar-refractivity contribution in [1.29, 1.82) is 0 Å². The Morgan fingerprint density at radius 1 is 1.28 bits per heavy atom. The predicted molar refractivity (Wildman–Crippen MR) is 99.6 cm³/mol. The normalized spacial score (nSPS) is 18.0. The molecule has 0 unspecified atom stereocenters. The molecule has 1 fully saturated rings. The van der Waals surface area contributed by atoms with Crippen molar-refractivity contribution in [2.45, 2.75) is 24.8 Å². The third kappa shape index (κ3) is 3.64. The number of carbonyl (C=O) groups excluding carboxylic acids is 1. The number of thiazole rings is 1. The van der Waals surface area contributed by atoms with Crippen LogP contribution in [0.2, 0.25) is 0 Å². The maximum Gasteiger partial charge on any atom is 0.246 e. The molecule has 0 radical (unpaired) electrons. The Kier molecular flexibility index (Phi) is 5.29. The minimum atomic E-state index is -0.866. The molecule has 2 aliphatic rings. The molecular weight excluding hydrogens is 362 g/mol. The van der Waals surface area contributed by atoms with E-state index >= 15 is 0 Å². The van der Waals surface area contributed by atoms with Gasteiger partial charge in [0.05, 0.1) is 12.3 Å². The topological polar surface area (TPSA) is 86.5 Å². The Morgan fingerprint density at radius 3 is 2.88 bits per heavy atom. The minimum Gasteiger partial charge on any atom is -0.493 e. The molecule has 0 atom stereocenters. The second-order valence-electron chi connectivity index (χ2n) is 6.18. The highest BCUT2D eigenvalue weighted by atomic mass is 35.5. The average molecular weight is 382 g/mol. The van der Waals surface area contributed by atoms with Gasteiger partial charge in [0.15, 0.2) is 5.13 Å². The van der Waals surface area contributed by atoms with Crippen molar-refractivity contribution < 1.29 is 14.3 Å². The number of fused-ring (bicyclic) bond motifs is 1. The molecule has 0 spiro atoms. The number of hydrogen-bond donors (Lipinski definition) is 2. The van der Waals surface area contributed by atoms with Crippen LogP contribution in [0.25, 0.3) is 11.3 Å². The van der Waals surface area contributed by atoms with Gasteiger partial charge in [-0.25, -0.2) is 4.98 Å². The average Bonchev–Trinajstić information content (AvgIpc) is 3.23. The molecule has 2 aliphatic heterocycles. The number of amides is 1. The Hall–Kier alpha value is -1.67. The molecule has 1 amide bonds. The monoisotopic (exact) mass is 381 g/mol. The van der Waals surface area contributed by atoms with Crippen molar-refractivity contribution in [1.82, 2.24) is 4.98 Å². The van der Waals surface area contributed by atoms with Gasteiger partial charge in [0.25, 0.3) is 0 Å². The van der Waals surface area contributed by atoms with Gasteiger partial charge >= 0.3 is 0 Å². The lowest BCUT2D eigenvalue weighted by molar-refractivity contribution is -0.124. The van der Waals surface area contributed by atoms with Crippen molar-refractivity contribution in [3.63, 3.8) is 0 Å². The number of nitrogens with zero attached hydrogens (tertiary/aromatic N) is 1. The van der Waals surface area contributed by atoms with Crippen molar-refractivity contribution in [3.8, 4) is 17.0 Å². The first-order valence-corrected chi connectivity index (χ1v) is 8.92. The van der Waals surface area contributed by atoms with Crippen LogP contribution in [0.5, 0.6) is 5.75 Å². The number of aromatic nitrogens is 1. The predicted octanol–water partition coefficient (Wildman–Crippen LogP) is 2.61. The van der Waals surface area contributed by atoms with E-state index in [4.69, 9.17) is 15.2 Å². The van der Waals surface area contributed by atoms with Crippen LogP contribution in [0.1, 0.15) is 18.4 Å². The van der Waals surface area contributed by atoms with E-state index < -0.39 is 5.54 Å². The Labute approximate surface area is 156 Å². The first kappa shape index (κ1) is 18.1. The van der Waals surface area contributed by atoms with Crippen molar-refractivity contribution in [2.75, 3.05) is 25.1 Å². The third-order valence-corrected chi connectivity index (χ3v) is 5.30. The SMILES string of the molecule is Cl.NC1(C(=O)Nc2nc(-c3ccc4c(c3)CCO4)cs2)CCOCC1. The molecular formula is C17H20ClN3O3S. The fraction of sp³-hybridized carbons (Fsp3) is 0.412. The van der Waals surface area contributed by atoms with E-state index in [0.717, 1.165) is 30.0 Å². The summed E-state index contributed by atoms with van der Waals surface area (Å²) in [6.07, 6.45) is 1.98. The lowest BCUT2D eigenvalue weighted by atomic mass is 9.90. The summed E-state index contributed by atoms with van der Waals surface area (Å²) in [5.74, 6) is 0.765. The summed E-state index contributed by atoms with van der Waals surface area (Å²) < 4.78 is 10.8. The van der Waals surface area contributed by atoms with E-state index in [0.29, 0.717) is 31.2 Å². The van der Waals surface area contributed by atoms with Gasteiger partial charge in [-0.15, -0.1) is 23.7 Å². The first-order chi connectivity index (χ1) is 11.6. The van der Waals surface area contributed by atoms with E-state index in [1.165, 1.54) is 16.9 Å². The molecule has 3 heterocycles. The van der Waals surface area contributed by atoms with Gasteiger partial charge in [-0.1, -0.05) is 0 Å². The summed E-state index contributed by atoms with van der Waals surface area (Å²) in [7, 11) is 0. The fourth-order valence-corrected chi connectivity index (χ4v) is 3.71. The molecule has 8 heteroatoms. The molecule has 0 bridgehead atoms. The van der Waals surface area contributed by atoms with Gasteiger partial charge in [0, 0.05) is 30.6 Å². The van der Waals surface area contributed by atoms with E-state index in [9.17, 15) is 4.79 Å². The van der Waals surface area contributed by atoms with E-state index in [2.05, 4.69) is 16.4 Å². The zero-order valence-corrected chi connectivity index (χ0v) is 15.3. The maximum atomic E-state index is 12.4. The number of benzene rings is 1. The van der Waals surface area contributed by atoms with E-state index in [-0.39, 0.29) is 18.3 Å². The highest BCUT2D eigenvalue weighted by molar-refractivity contribution is 7.14. The Balaban J connectivity index is 0.00000182. The smallest absolute Gasteiger partial charge is 0.246 e. The maximum absolute atomic E-state index is 12.4. The van der Waals surface area contributed by atoms with Crippen LogP contribution >= 0.6 is 23.7 Å². The fourth-order valence-electron chi connectivity index (χ4n) is 2.99. The molecule has 1 saturated heterocycles. The highest BCUT2D eigenvalue weighted by Crippen LogP contribution is 2.32. The number of carbonyl (C=O) groups is 1. The standard InChI is InChI=1S/C17H19N3O3S.ClH/c18-17(4-7-22-8-5-17)15(21)20-16-19-13(10-24-16)11-1-2-14-12(9-11)3-6-23-14;/h1-2,9-10H,3-8,18H2,(H,19,20,21);1H. The van der Waals surface area contributed by atoms with Gasteiger partial charge in [-0.05, 0) is 36.6 Å². The van der Waals surface area contributed by atoms with Crippen LogP contribution in [-0.4, -0.2) is 36.3 Å². The van der Waals surface area contributed by atoms with Crippen LogP contribution in [0, 0.1) is 0 Å². The number of nitrogens with one attached hydrogen (secondary N) is 1. The van der Waals surface area contributed by atoms with Crippen LogP contribution in [0.3, 0.4) is 0 Å². The number of nitrogens with two attached hydrogens (primary N) is 1. The molecule has 0 saturated carbocycles. The molecule has 4 rings (SSSR count). The van der Waals surface area contributed by atoms with Crippen LogP contribution in [0.15, 0.2) is 23.6 Å². The summed E-state index contributed by atoms with van der Waals surface area (Å²) >= 11 is 1.41. The quantitative estimate of drug-likeness (QED) is 0.853. The van der Waals surface area contributed by atoms with Gasteiger partial charge in [0.1, 0.15) is 11.3 Å². The zero-order chi connectivity index (χ0) is 16.6. The van der Waals surface area contributed by atoms with E-state index in [1.807, 2.05) is 17.5 Å². The van der Waals surface area contributed by atoms with E-state index in [1.54, 1.807) is 0 Å². The molecule has 2 aromatic rings. The van der Waals surface area contributed by atoms with Gasteiger partial charge in [-0.2, -0.15) is 0 Å². The van der Waals surface area contributed by atoms with Crippen LogP contribution in [0.4, 0.5) is 5.13 Å². The summed E-state index contributed by atoms with van der Waals surface area (Å²) in [6.45, 7) is 1.77. The van der Waals surface area contributed by atoms with Crippen LogP contribution in [-0.2, 0) is 16.0 Å². The summed E-state index contributed by atoms with van der Waals surface area (Å²) in [6, 6.07) is 6.08. The molecule has 0 aliphatic carbocycles. The summed E-state index contributed by atoms with van der Waals surface area (Å²) in [5.41, 5.74) is 8.42.